The number of halogens is 1. The summed E-state index contributed by atoms with van der Waals surface area (Å²) in [7, 11) is 0. The van der Waals surface area contributed by atoms with Gasteiger partial charge in [-0.05, 0) is 50.5 Å². The molecule has 0 radical (unpaired) electrons. The van der Waals surface area contributed by atoms with Crippen LogP contribution in [0, 0.1) is 0 Å². The van der Waals surface area contributed by atoms with E-state index in [1.54, 1.807) is 0 Å². The molecule has 0 saturated carbocycles. The van der Waals surface area contributed by atoms with Crippen molar-refractivity contribution < 1.29 is 4.79 Å². The first-order valence-corrected chi connectivity index (χ1v) is 11.2. The second-order valence-corrected chi connectivity index (χ2v) is 8.58. The average Bonchev–Trinajstić information content (AvgIpc) is 3.17. The number of piperidine rings is 1. The topological polar surface area (TPSA) is 51.0 Å². The van der Waals surface area contributed by atoms with Gasteiger partial charge in [0.1, 0.15) is 0 Å². The molecule has 0 bridgehead atoms. The molecule has 2 aromatic carbocycles. The van der Waals surface area contributed by atoms with Gasteiger partial charge in [-0.3, -0.25) is 9.36 Å². The van der Waals surface area contributed by atoms with E-state index in [0.717, 1.165) is 36.5 Å². The fourth-order valence-corrected chi connectivity index (χ4v) is 4.60. The number of hydrogen-bond acceptors (Lipinski definition) is 4. The number of likely N-dealkylation sites (tertiary alicyclic amines) is 1. The zero-order valence-corrected chi connectivity index (χ0v) is 17.9. The van der Waals surface area contributed by atoms with Crippen molar-refractivity contribution in [1.82, 2.24) is 19.7 Å². The Bertz CT molecular complexity index is 974. The highest BCUT2D eigenvalue weighted by atomic mass is 35.5. The fourth-order valence-electron chi connectivity index (χ4n) is 3.64. The lowest BCUT2D eigenvalue weighted by Crippen LogP contribution is -2.42. The number of aromatic nitrogens is 3. The van der Waals surface area contributed by atoms with Crippen molar-refractivity contribution in [3.8, 4) is 17.1 Å². The summed E-state index contributed by atoms with van der Waals surface area (Å²) in [5, 5.41) is 10.2. The summed E-state index contributed by atoms with van der Waals surface area (Å²) < 4.78 is 1.99. The molecule has 3 aromatic rings. The van der Waals surface area contributed by atoms with Crippen LogP contribution in [-0.2, 0) is 4.79 Å². The molecule has 1 amide bonds. The molecule has 5 nitrogen and oxygen atoms in total. The van der Waals surface area contributed by atoms with E-state index in [1.807, 2.05) is 64.1 Å². The Morgan fingerprint density at radius 1 is 1.10 bits per heavy atom. The Kier molecular flexibility index (Phi) is 6.21. The minimum atomic E-state index is 0.161. The molecule has 0 N–H and O–H groups in total. The van der Waals surface area contributed by atoms with Gasteiger partial charge >= 0.3 is 0 Å². The maximum atomic E-state index is 12.8. The van der Waals surface area contributed by atoms with Crippen molar-refractivity contribution in [2.45, 2.75) is 37.4 Å². The van der Waals surface area contributed by atoms with Gasteiger partial charge in [0.2, 0.25) is 5.91 Å². The van der Waals surface area contributed by atoms with E-state index >= 15 is 0 Å². The predicted molar refractivity (Wildman–Crippen MR) is 118 cm³/mol. The van der Waals surface area contributed by atoms with E-state index in [2.05, 4.69) is 17.1 Å². The lowest BCUT2D eigenvalue weighted by molar-refractivity contribution is -0.131. The van der Waals surface area contributed by atoms with E-state index in [0.29, 0.717) is 22.0 Å². The number of carbonyl (C=O) groups is 1. The molecule has 0 aliphatic carbocycles. The average molecular weight is 427 g/mol. The van der Waals surface area contributed by atoms with E-state index < -0.39 is 0 Å². The van der Waals surface area contributed by atoms with Crippen LogP contribution in [0.3, 0.4) is 0 Å². The van der Waals surface area contributed by atoms with Gasteiger partial charge < -0.3 is 4.90 Å². The number of benzene rings is 2. The lowest BCUT2D eigenvalue weighted by Gasteiger charge is -2.33. The van der Waals surface area contributed by atoms with E-state index in [1.165, 1.54) is 18.2 Å². The van der Waals surface area contributed by atoms with Crippen LogP contribution < -0.4 is 0 Å². The molecule has 1 aliphatic rings. The normalized spacial score (nSPS) is 16.8. The third-order valence-corrected chi connectivity index (χ3v) is 6.36. The molecular formula is C22H23ClN4OS. The highest BCUT2D eigenvalue weighted by Crippen LogP contribution is 2.29. The Balaban J connectivity index is 1.62. The van der Waals surface area contributed by atoms with Gasteiger partial charge in [-0.15, -0.1) is 10.2 Å². The molecule has 150 valence electrons. The van der Waals surface area contributed by atoms with Gasteiger partial charge in [-0.25, -0.2) is 0 Å². The third kappa shape index (κ3) is 4.49. The Morgan fingerprint density at radius 3 is 2.59 bits per heavy atom. The van der Waals surface area contributed by atoms with Crippen LogP contribution in [0.15, 0.2) is 59.8 Å². The Hall–Kier alpha value is -2.31. The van der Waals surface area contributed by atoms with Crippen molar-refractivity contribution >= 4 is 29.3 Å². The van der Waals surface area contributed by atoms with E-state index in [4.69, 9.17) is 11.6 Å². The third-order valence-electron chi connectivity index (χ3n) is 5.20. The fraction of sp³-hybridized carbons (Fsp3) is 0.318. The van der Waals surface area contributed by atoms with Gasteiger partial charge in [0.15, 0.2) is 11.0 Å². The summed E-state index contributed by atoms with van der Waals surface area (Å²) in [6.45, 7) is 2.98. The maximum Gasteiger partial charge on any atom is 0.233 e. The molecule has 1 unspecified atom stereocenters. The summed E-state index contributed by atoms with van der Waals surface area (Å²) in [5.41, 5.74) is 1.89. The van der Waals surface area contributed by atoms with Crippen LogP contribution >= 0.6 is 23.4 Å². The summed E-state index contributed by atoms with van der Waals surface area (Å²) in [6, 6.07) is 17.8. The number of carbonyl (C=O) groups excluding carboxylic acids is 1. The maximum absolute atomic E-state index is 12.8. The summed E-state index contributed by atoms with van der Waals surface area (Å²) in [6.07, 6.45) is 3.36. The van der Waals surface area contributed by atoms with Gasteiger partial charge in [0.25, 0.3) is 0 Å². The molecule has 1 atom stereocenters. The largest absolute Gasteiger partial charge is 0.339 e. The molecule has 1 aliphatic heterocycles. The molecule has 0 spiro atoms. The molecule has 7 heteroatoms. The second kappa shape index (κ2) is 9.01. The van der Waals surface area contributed by atoms with Crippen molar-refractivity contribution in [2.75, 3.05) is 12.3 Å². The van der Waals surface area contributed by atoms with Gasteiger partial charge in [0.05, 0.1) is 5.75 Å². The minimum absolute atomic E-state index is 0.161. The summed E-state index contributed by atoms with van der Waals surface area (Å²) in [4.78, 5) is 14.8. The number of hydrogen-bond donors (Lipinski definition) is 0. The van der Waals surface area contributed by atoms with Crippen LogP contribution in [0.5, 0.6) is 0 Å². The summed E-state index contributed by atoms with van der Waals surface area (Å²) >= 11 is 7.51. The van der Waals surface area contributed by atoms with Gasteiger partial charge in [-0.1, -0.05) is 53.7 Å². The number of rotatable bonds is 5. The van der Waals surface area contributed by atoms with Crippen LogP contribution in [0.2, 0.25) is 5.02 Å². The number of amides is 1. The van der Waals surface area contributed by atoms with E-state index in [-0.39, 0.29) is 5.91 Å². The summed E-state index contributed by atoms with van der Waals surface area (Å²) in [5.74, 6) is 1.26. The van der Waals surface area contributed by atoms with Crippen LogP contribution in [0.1, 0.15) is 26.2 Å². The first kappa shape index (κ1) is 20.0. The zero-order chi connectivity index (χ0) is 20.2. The molecule has 29 heavy (non-hydrogen) atoms. The molecule has 4 rings (SSSR count). The monoisotopic (exact) mass is 426 g/mol. The van der Waals surface area contributed by atoms with Gasteiger partial charge in [-0.2, -0.15) is 0 Å². The van der Waals surface area contributed by atoms with Crippen LogP contribution in [0.4, 0.5) is 0 Å². The lowest BCUT2D eigenvalue weighted by atomic mass is 10.0. The predicted octanol–water partition coefficient (Wildman–Crippen LogP) is 5.08. The SMILES string of the molecule is CC1CCCCN1C(=O)CSc1nnc(-c2ccccc2)n1-c1ccc(Cl)cc1. The van der Waals surface area contributed by atoms with Crippen molar-refractivity contribution in [3.05, 3.63) is 59.6 Å². The first-order valence-electron chi connectivity index (χ1n) is 9.82. The second-order valence-electron chi connectivity index (χ2n) is 7.20. The molecule has 1 fully saturated rings. The standard InChI is InChI=1S/C22H23ClN4OS/c1-16-7-5-6-14-26(16)20(28)15-29-22-25-24-21(17-8-3-2-4-9-17)27(22)19-12-10-18(23)11-13-19/h2-4,8-13,16H,5-7,14-15H2,1H3. The van der Waals surface area contributed by atoms with Crippen LogP contribution in [0.25, 0.3) is 17.1 Å². The van der Waals surface area contributed by atoms with E-state index in [9.17, 15) is 4.79 Å². The highest BCUT2D eigenvalue weighted by molar-refractivity contribution is 7.99. The quantitative estimate of drug-likeness (QED) is 0.534. The smallest absolute Gasteiger partial charge is 0.233 e. The molecule has 1 saturated heterocycles. The van der Waals surface area contributed by atoms with Crippen molar-refractivity contribution in [3.63, 3.8) is 0 Å². The van der Waals surface area contributed by atoms with Gasteiger partial charge in [0, 0.05) is 28.9 Å². The zero-order valence-electron chi connectivity index (χ0n) is 16.3. The Morgan fingerprint density at radius 2 is 1.86 bits per heavy atom. The van der Waals surface area contributed by atoms with Crippen molar-refractivity contribution in [1.29, 1.82) is 0 Å². The minimum Gasteiger partial charge on any atom is -0.339 e. The van der Waals surface area contributed by atoms with Crippen LogP contribution in [-0.4, -0.2) is 43.9 Å². The highest BCUT2D eigenvalue weighted by Gasteiger charge is 2.24. The molecule has 2 heterocycles. The molecular weight excluding hydrogens is 404 g/mol. The molecule has 1 aromatic heterocycles. The number of nitrogens with zero attached hydrogens (tertiary/aromatic N) is 4. The Labute approximate surface area is 180 Å². The number of thioether (sulfide) groups is 1. The first-order chi connectivity index (χ1) is 14.1. The van der Waals surface area contributed by atoms with Crippen molar-refractivity contribution in [2.24, 2.45) is 0 Å².